The standard InChI is InChI=1S/C42H65N3O43S3/c1-7(49)43-13-26(23(86-89(66,67)68)10(4-46)75-37(13)65)78-41-21(57)18(54)29(32(84-41)35(61)62)81-39-15(45-9(3)51)28(25(12(6-48)77-39)88-91(72,73)74)80-42-22(58)19(55)30(33(85-42)36(63)64)82-38-14(44-8(2)50)27(24(11(5-47)76-38)87-90(69,70)71)79-40-20(56)16(52)17(53)31(83-40)34(59)60/h10-33,37-42,46-48,52-58,65H,4-6H2,1-3H3,(H,43,49)(H,44,50)(H,45,51)(H,59,60)(H,61,62)(H,63,64)(H,66,67,68)(H,69,70,71)(H,72,73,74)/t10-,11-,12-,13-,14-,15-,16+,17+,18-,19-,20-,21-,22-,23+,24+,25+,26-,27-,28-,29+,30+,31-,32-,33-,37-,38+,39+,40-,41-,42-/m1/s1. The van der Waals surface area contributed by atoms with Gasteiger partial charge in [-0.2, -0.15) is 25.3 Å². The number of carbonyl (C=O) groups is 6. The van der Waals surface area contributed by atoms with Crippen molar-refractivity contribution in [2.24, 2.45) is 0 Å². The van der Waals surface area contributed by atoms with Crippen molar-refractivity contribution in [3.8, 4) is 0 Å². The number of nitrogens with one attached hydrogen (secondary N) is 3. The fourth-order valence-electron chi connectivity index (χ4n) is 10.4. The molecule has 6 heterocycles. The van der Waals surface area contributed by atoms with Gasteiger partial charge in [0.15, 0.2) is 56.1 Å². The number of rotatable bonds is 25. The number of hydrogen-bond acceptors (Lipinski definition) is 37. The molecular weight excluding hydrogens is 1330 g/mol. The van der Waals surface area contributed by atoms with Crippen LogP contribution in [-0.4, -0.2) is 350 Å². The molecule has 3 amide bonds. The Morgan fingerprint density at radius 3 is 0.923 bits per heavy atom. The van der Waals surface area contributed by atoms with E-state index in [2.05, 4.69) is 24.3 Å². The Labute approximate surface area is 510 Å². The molecule has 91 heavy (non-hydrogen) atoms. The summed E-state index contributed by atoms with van der Waals surface area (Å²) in [5, 5.41) is 157. The molecule has 30 atom stereocenters. The van der Waals surface area contributed by atoms with Crippen molar-refractivity contribution in [2.45, 2.75) is 205 Å². The molecule has 49 heteroatoms. The zero-order valence-electron chi connectivity index (χ0n) is 46.4. The third kappa shape index (κ3) is 18.3. The van der Waals surface area contributed by atoms with E-state index in [9.17, 15) is 139 Å². The van der Waals surface area contributed by atoms with Gasteiger partial charge in [0.05, 0.1) is 19.8 Å². The highest BCUT2D eigenvalue weighted by molar-refractivity contribution is 7.81. The second-order valence-electron chi connectivity index (χ2n) is 20.6. The van der Waals surface area contributed by atoms with Crippen molar-refractivity contribution in [3.63, 3.8) is 0 Å². The van der Waals surface area contributed by atoms with E-state index >= 15 is 0 Å². The quantitative estimate of drug-likeness (QED) is 0.0377. The molecule has 6 aliphatic heterocycles. The van der Waals surface area contributed by atoms with Crippen LogP contribution < -0.4 is 16.0 Å². The minimum Gasteiger partial charge on any atom is -0.479 e. The van der Waals surface area contributed by atoms with Crippen LogP contribution in [0.1, 0.15) is 20.8 Å². The number of carboxylic acid groups (broad SMARTS) is 3. The highest BCUT2D eigenvalue weighted by Gasteiger charge is 2.61. The summed E-state index contributed by atoms with van der Waals surface area (Å²) in [4.78, 5) is 76.0. The van der Waals surface area contributed by atoms with E-state index in [1.165, 1.54) is 0 Å². The van der Waals surface area contributed by atoms with Crippen LogP contribution in [0.2, 0.25) is 0 Å². The predicted molar refractivity (Wildman–Crippen MR) is 267 cm³/mol. The normalized spacial score (nSPS) is 42.6. The summed E-state index contributed by atoms with van der Waals surface area (Å²) < 4.78 is 177. The molecule has 0 spiro atoms. The summed E-state index contributed by atoms with van der Waals surface area (Å²) in [7, 11) is -17.2. The van der Waals surface area contributed by atoms with Crippen molar-refractivity contribution < 1.29 is 204 Å². The monoisotopic (exact) mass is 1400 g/mol. The zero-order chi connectivity index (χ0) is 68.4. The number of carbonyl (C=O) groups excluding carboxylic acids is 3. The van der Waals surface area contributed by atoms with E-state index in [0.29, 0.717) is 0 Å². The Kier molecular flexibility index (Phi) is 25.3. The van der Waals surface area contributed by atoms with E-state index in [1.807, 2.05) is 0 Å². The average Bonchev–Trinajstić information content (AvgIpc) is 0.775. The summed E-state index contributed by atoms with van der Waals surface area (Å²) in [5.41, 5.74) is 0. The molecule has 0 saturated carbocycles. The number of ether oxygens (including phenoxy) is 11. The Hall–Kier alpha value is -4.45. The highest BCUT2D eigenvalue weighted by atomic mass is 32.3. The lowest BCUT2D eigenvalue weighted by atomic mass is 9.93. The number of aliphatic carboxylic acids is 3. The smallest absolute Gasteiger partial charge is 0.397 e. The van der Waals surface area contributed by atoms with Gasteiger partial charge in [-0.1, -0.05) is 0 Å². The Balaban J connectivity index is 1.35. The summed E-state index contributed by atoms with van der Waals surface area (Å²) in [6.45, 7) is -1.86. The average molecular weight is 1400 g/mol. The molecule has 0 aromatic heterocycles. The molecule has 6 saturated heterocycles. The molecule has 0 aromatic carbocycles. The van der Waals surface area contributed by atoms with Crippen molar-refractivity contribution in [3.05, 3.63) is 0 Å². The molecule has 0 radical (unpaired) electrons. The third-order valence-electron chi connectivity index (χ3n) is 14.2. The minimum atomic E-state index is -5.86. The first-order valence-corrected chi connectivity index (χ1v) is 30.2. The maximum atomic E-state index is 13.1. The lowest BCUT2D eigenvalue weighted by Crippen LogP contribution is -2.72. The van der Waals surface area contributed by atoms with Gasteiger partial charge in [-0.05, 0) is 0 Å². The van der Waals surface area contributed by atoms with E-state index in [0.717, 1.165) is 20.8 Å². The maximum Gasteiger partial charge on any atom is 0.397 e. The van der Waals surface area contributed by atoms with Crippen LogP contribution in [-0.2, 0) is 125 Å². The number of aliphatic hydroxyl groups excluding tert-OH is 11. The number of hydrogen-bond donors (Lipinski definition) is 20. The van der Waals surface area contributed by atoms with E-state index in [4.69, 9.17) is 56.3 Å². The van der Waals surface area contributed by atoms with Crippen molar-refractivity contribution in [1.29, 1.82) is 0 Å². The Morgan fingerprint density at radius 2 is 0.626 bits per heavy atom. The van der Waals surface area contributed by atoms with Crippen LogP contribution >= 0.6 is 0 Å². The summed E-state index contributed by atoms with van der Waals surface area (Å²) in [6.07, 6.45) is -68.1. The van der Waals surface area contributed by atoms with Crippen LogP contribution in [0.25, 0.3) is 0 Å². The molecule has 6 rings (SSSR count). The molecule has 46 nitrogen and oxygen atoms in total. The van der Waals surface area contributed by atoms with Gasteiger partial charge in [-0.3, -0.25) is 28.0 Å². The topological polar surface area (TPSA) is 714 Å². The number of aliphatic hydroxyl groups is 11. The van der Waals surface area contributed by atoms with Gasteiger partial charge >= 0.3 is 49.1 Å². The molecule has 0 aliphatic carbocycles. The summed E-state index contributed by atoms with van der Waals surface area (Å²) in [5.74, 6) is -9.82. The second-order valence-corrected chi connectivity index (χ2v) is 23.7. The first-order chi connectivity index (χ1) is 42.1. The molecule has 20 N–H and O–H groups in total. The van der Waals surface area contributed by atoms with Crippen LogP contribution in [0.3, 0.4) is 0 Å². The van der Waals surface area contributed by atoms with Crippen LogP contribution in [0, 0.1) is 0 Å². The van der Waals surface area contributed by atoms with Gasteiger partial charge < -0.3 is 140 Å². The van der Waals surface area contributed by atoms with Gasteiger partial charge in [0.1, 0.15) is 128 Å². The van der Waals surface area contributed by atoms with Crippen LogP contribution in [0.5, 0.6) is 0 Å². The van der Waals surface area contributed by atoms with E-state index in [-0.39, 0.29) is 0 Å². The fraction of sp³-hybridized carbons (Fsp3) is 0.857. The molecule has 6 fully saturated rings. The van der Waals surface area contributed by atoms with Gasteiger partial charge in [0.2, 0.25) is 17.7 Å². The molecule has 0 unspecified atom stereocenters. The molecule has 0 aromatic rings. The van der Waals surface area contributed by atoms with Gasteiger partial charge in [0.25, 0.3) is 0 Å². The summed E-state index contributed by atoms with van der Waals surface area (Å²) in [6, 6.07) is -6.71. The second kappa shape index (κ2) is 30.5. The first kappa shape index (κ1) is 75.6. The first-order valence-electron chi connectivity index (χ1n) is 26.1. The molecule has 0 bridgehead atoms. The Morgan fingerprint density at radius 1 is 0.352 bits per heavy atom. The SMILES string of the molecule is CC(=O)N[C@@H]1[C@@H](O[C@@H]2O[C@@H](C(=O)O)[C@@H](O[C@@H]3O[C@H](CO)[C@H](OS(=O)(=O)O)[C@H](O[C@@H]4O[C@@H](C(=O)O)[C@@H](O[C@@H]5O[C@H](CO)[C@H](OS(=O)(=O)O)[C@H](O[C@@H]6O[C@@H](C(=O)O)[C@@H](O)[C@H](O)[C@H]6O)[C@H]5NC(C)=O)[C@H](O)[C@H]4O)[C@H]3NC(C)=O)[C@H](O)[C@H]2O)[C@@H](OS(=O)(=O)O)[C@@H](CO)O[C@H]1O. The highest BCUT2D eigenvalue weighted by Crippen LogP contribution is 2.39. The van der Waals surface area contributed by atoms with E-state index < -0.39 is 271 Å². The Bertz CT molecular complexity index is 2920. The van der Waals surface area contributed by atoms with Crippen molar-refractivity contribution in [1.82, 2.24) is 16.0 Å². The molecule has 6 aliphatic rings. The van der Waals surface area contributed by atoms with Crippen molar-refractivity contribution >= 4 is 66.8 Å². The molecule has 524 valence electrons. The van der Waals surface area contributed by atoms with Gasteiger partial charge in [-0.25, -0.2) is 26.9 Å². The predicted octanol–water partition coefficient (Wildman–Crippen LogP) is -13.9. The minimum absolute atomic E-state index is 0.718. The van der Waals surface area contributed by atoms with Crippen LogP contribution in [0.15, 0.2) is 0 Å². The van der Waals surface area contributed by atoms with Crippen LogP contribution in [0.4, 0.5) is 0 Å². The summed E-state index contributed by atoms with van der Waals surface area (Å²) >= 11 is 0. The van der Waals surface area contributed by atoms with Gasteiger partial charge in [0, 0.05) is 20.8 Å². The van der Waals surface area contributed by atoms with E-state index in [1.54, 1.807) is 0 Å². The lowest BCUT2D eigenvalue weighted by molar-refractivity contribution is -0.375. The van der Waals surface area contributed by atoms with Gasteiger partial charge in [-0.15, -0.1) is 0 Å². The number of carboxylic acids is 3. The molecular formula is C42H65N3O43S3. The fourth-order valence-corrected chi connectivity index (χ4v) is 11.9. The maximum absolute atomic E-state index is 13.1. The third-order valence-corrected chi connectivity index (χ3v) is 15.5. The zero-order valence-corrected chi connectivity index (χ0v) is 48.8. The largest absolute Gasteiger partial charge is 0.479 e. The van der Waals surface area contributed by atoms with Crippen molar-refractivity contribution in [2.75, 3.05) is 19.8 Å². The lowest BCUT2D eigenvalue weighted by Gasteiger charge is -2.51. The number of amides is 3.